The van der Waals surface area contributed by atoms with E-state index in [9.17, 15) is 9.59 Å². The molecule has 1 fully saturated rings. The number of carbonyl (C=O) groups excluding carboxylic acids is 1. The monoisotopic (exact) mass is 305 g/mol. The maximum absolute atomic E-state index is 12.5. The molecule has 2 heterocycles. The van der Waals surface area contributed by atoms with Gasteiger partial charge in [-0.1, -0.05) is 13.3 Å². The van der Waals surface area contributed by atoms with Crippen LogP contribution in [0.4, 0.5) is 0 Å². The second kappa shape index (κ2) is 5.60. The van der Waals surface area contributed by atoms with Gasteiger partial charge in [-0.2, -0.15) is 0 Å². The quantitative estimate of drug-likeness (QED) is 0.923. The van der Waals surface area contributed by atoms with Crippen LogP contribution in [0.1, 0.15) is 47.8 Å². The molecule has 112 valence electrons. The summed E-state index contributed by atoms with van der Waals surface area (Å²) in [4.78, 5) is 30.4. The van der Waals surface area contributed by atoms with E-state index in [-0.39, 0.29) is 11.5 Å². The molecule has 6 heteroatoms. The number of rotatable bonds is 5. The highest BCUT2D eigenvalue weighted by Crippen LogP contribution is 2.28. The van der Waals surface area contributed by atoms with E-state index in [0.29, 0.717) is 27.7 Å². The molecule has 5 nitrogen and oxygen atoms in total. The minimum atomic E-state index is -0.0718. The van der Waals surface area contributed by atoms with Crippen molar-refractivity contribution in [1.29, 1.82) is 0 Å². The summed E-state index contributed by atoms with van der Waals surface area (Å²) in [6.45, 7) is 4.61. The molecule has 1 aliphatic carbocycles. The molecular weight excluding hydrogens is 286 g/mol. The highest BCUT2D eigenvalue weighted by atomic mass is 32.1. The average Bonchev–Trinajstić information content (AvgIpc) is 3.20. The average molecular weight is 305 g/mol. The number of fused-ring (bicyclic) bond motifs is 1. The number of hydrogen-bond donors (Lipinski definition) is 1. The van der Waals surface area contributed by atoms with Crippen LogP contribution in [0.25, 0.3) is 10.2 Å². The molecule has 0 spiro atoms. The number of nitrogens with zero attached hydrogens (tertiary/aromatic N) is 2. The largest absolute Gasteiger partial charge is 0.349 e. The molecule has 0 unspecified atom stereocenters. The van der Waals surface area contributed by atoms with Crippen molar-refractivity contribution in [2.75, 3.05) is 0 Å². The van der Waals surface area contributed by atoms with Gasteiger partial charge in [0, 0.05) is 12.6 Å². The highest BCUT2D eigenvalue weighted by molar-refractivity contribution is 7.20. The highest BCUT2D eigenvalue weighted by Gasteiger charge is 2.26. The predicted octanol–water partition coefficient (Wildman–Crippen LogP) is 2.46. The minimum Gasteiger partial charge on any atom is -0.349 e. The van der Waals surface area contributed by atoms with Crippen molar-refractivity contribution in [2.45, 2.75) is 52.1 Å². The first kappa shape index (κ1) is 14.3. The third-order valence-corrected chi connectivity index (χ3v) is 4.99. The molecular formula is C15H19N3O2S. The van der Waals surface area contributed by atoms with Crippen molar-refractivity contribution in [3.8, 4) is 0 Å². The zero-order chi connectivity index (χ0) is 15.0. The Morgan fingerprint density at radius 2 is 2.29 bits per heavy atom. The lowest BCUT2D eigenvalue weighted by molar-refractivity contribution is 0.0954. The first-order chi connectivity index (χ1) is 10.1. The molecule has 1 N–H and O–H groups in total. The Morgan fingerprint density at radius 1 is 1.52 bits per heavy atom. The van der Waals surface area contributed by atoms with E-state index in [2.05, 4.69) is 17.2 Å². The molecule has 0 radical (unpaired) electrons. The summed E-state index contributed by atoms with van der Waals surface area (Å²) in [6.07, 6.45) is 5.68. The lowest BCUT2D eigenvalue weighted by Crippen LogP contribution is -2.25. The van der Waals surface area contributed by atoms with Crippen molar-refractivity contribution in [3.63, 3.8) is 0 Å². The molecule has 0 bridgehead atoms. The first-order valence-electron chi connectivity index (χ1n) is 7.41. The number of nitrogens with one attached hydrogen (secondary N) is 1. The third-order valence-electron chi connectivity index (χ3n) is 3.79. The van der Waals surface area contributed by atoms with Gasteiger partial charge in [-0.15, -0.1) is 11.3 Å². The molecule has 1 saturated carbocycles. The van der Waals surface area contributed by atoms with E-state index in [0.717, 1.165) is 31.2 Å². The lowest BCUT2D eigenvalue weighted by Gasteiger charge is -2.04. The number of aromatic nitrogens is 2. The maximum atomic E-state index is 12.5. The van der Waals surface area contributed by atoms with Crippen LogP contribution in [0.5, 0.6) is 0 Å². The fourth-order valence-corrected chi connectivity index (χ4v) is 3.38. The second-order valence-corrected chi connectivity index (χ2v) is 6.58. The van der Waals surface area contributed by atoms with Crippen LogP contribution < -0.4 is 10.9 Å². The summed E-state index contributed by atoms with van der Waals surface area (Å²) in [5.41, 5.74) is 0.726. The van der Waals surface area contributed by atoms with Gasteiger partial charge >= 0.3 is 0 Å². The SMILES string of the molecule is CCCCn1cnc2sc(C(=O)NC3CC3)c(C)c2c1=O. The molecule has 2 aromatic rings. The van der Waals surface area contributed by atoms with E-state index in [4.69, 9.17) is 0 Å². The number of amides is 1. The summed E-state index contributed by atoms with van der Waals surface area (Å²) in [5, 5.41) is 3.57. The molecule has 0 atom stereocenters. The fraction of sp³-hybridized carbons (Fsp3) is 0.533. The molecule has 21 heavy (non-hydrogen) atoms. The van der Waals surface area contributed by atoms with Crippen molar-refractivity contribution < 1.29 is 4.79 Å². The normalized spacial score (nSPS) is 14.6. The molecule has 0 aromatic carbocycles. The summed E-state index contributed by atoms with van der Waals surface area (Å²) >= 11 is 1.31. The topological polar surface area (TPSA) is 64.0 Å². The van der Waals surface area contributed by atoms with Crippen molar-refractivity contribution in [2.24, 2.45) is 0 Å². The Hall–Kier alpha value is -1.69. The van der Waals surface area contributed by atoms with Gasteiger partial charge in [-0.05, 0) is 31.7 Å². The van der Waals surface area contributed by atoms with E-state index in [1.165, 1.54) is 11.3 Å². The molecule has 1 aliphatic rings. The van der Waals surface area contributed by atoms with E-state index in [1.807, 2.05) is 6.92 Å². The van der Waals surface area contributed by atoms with Gasteiger partial charge in [0.2, 0.25) is 0 Å². The number of carbonyl (C=O) groups is 1. The van der Waals surface area contributed by atoms with Gasteiger partial charge in [0.25, 0.3) is 11.5 Å². The molecule has 0 aliphatic heterocycles. The van der Waals surface area contributed by atoms with E-state index >= 15 is 0 Å². The molecule has 0 saturated heterocycles. The summed E-state index contributed by atoms with van der Waals surface area (Å²) in [5.74, 6) is -0.0718. The number of hydrogen-bond acceptors (Lipinski definition) is 4. The third kappa shape index (κ3) is 2.72. The van der Waals surface area contributed by atoms with Crippen LogP contribution in [-0.2, 0) is 6.54 Å². The van der Waals surface area contributed by atoms with Gasteiger partial charge in [0.15, 0.2) is 0 Å². The van der Waals surface area contributed by atoms with Crippen LogP contribution in [-0.4, -0.2) is 21.5 Å². The van der Waals surface area contributed by atoms with E-state index < -0.39 is 0 Å². The number of aryl methyl sites for hydroxylation is 2. The van der Waals surface area contributed by atoms with Gasteiger partial charge in [0.05, 0.1) is 16.6 Å². The van der Waals surface area contributed by atoms with Crippen molar-refractivity contribution in [3.05, 3.63) is 27.1 Å². The van der Waals surface area contributed by atoms with Crippen LogP contribution in [0, 0.1) is 6.92 Å². The van der Waals surface area contributed by atoms with Gasteiger partial charge in [-0.25, -0.2) is 4.98 Å². The van der Waals surface area contributed by atoms with Gasteiger partial charge in [-0.3, -0.25) is 14.2 Å². The lowest BCUT2D eigenvalue weighted by atomic mass is 10.2. The minimum absolute atomic E-state index is 0.0346. The first-order valence-corrected chi connectivity index (χ1v) is 8.23. The zero-order valence-corrected chi connectivity index (χ0v) is 13.1. The Morgan fingerprint density at radius 3 is 2.95 bits per heavy atom. The Balaban J connectivity index is 2.00. The maximum Gasteiger partial charge on any atom is 0.262 e. The summed E-state index contributed by atoms with van der Waals surface area (Å²) in [6, 6.07) is 0.316. The standard InChI is InChI=1S/C15H19N3O2S/c1-3-4-7-18-8-16-14-11(15(18)20)9(2)12(21-14)13(19)17-10-5-6-10/h8,10H,3-7H2,1-2H3,(H,17,19). The van der Waals surface area contributed by atoms with E-state index in [1.54, 1.807) is 10.9 Å². The van der Waals surface area contributed by atoms with Crippen LogP contribution in [0.3, 0.4) is 0 Å². The Bertz CT molecular complexity index is 743. The molecule has 1 amide bonds. The Labute approximate surface area is 127 Å². The van der Waals surface area contributed by atoms with Gasteiger partial charge < -0.3 is 5.32 Å². The number of unbranched alkanes of at least 4 members (excludes halogenated alkanes) is 1. The smallest absolute Gasteiger partial charge is 0.262 e. The zero-order valence-electron chi connectivity index (χ0n) is 12.3. The van der Waals surface area contributed by atoms with Gasteiger partial charge in [0.1, 0.15) is 4.83 Å². The van der Waals surface area contributed by atoms with Crippen LogP contribution in [0.15, 0.2) is 11.1 Å². The van der Waals surface area contributed by atoms with Crippen LogP contribution in [0.2, 0.25) is 0 Å². The summed E-state index contributed by atoms with van der Waals surface area (Å²) in [7, 11) is 0. The number of thiophene rings is 1. The molecule has 2 aromatic heterocycles. The predicted molar refractivity (Wildman–Crippen MR) is 84.0 cm³/mol. The Kier molecular flexibility index (Phi) is 3.80. The summed E-state index contributed by atoms with van der Waals surface area (Å²) < 4.78 is 1.65. The van der Waals surface area contributed by atoms with Crippen molar-refractivity contribution in [1.82, 2.24) is 14.9 Å². The second-order valence-electron chi connectivity index (χ2n) is 5.58. The molecule has 3 rings (SSSR count). The van der Waals surface area contributed by atoms with Crippen LogP contribution >= 0.6 is 11.3 Å². The fourth-order valence-electron chi connectivity index (χ4n) is 2.34. The van der Waals surface area contributed by atoms with Crippen molar-refractivity contribution >= 4 is 27.5 Å².